The molecule has 0 atom stereocenters. The van der Waals surface area contributed by atoms with Crippen LogP contribution in [0.4, 0.5) is 5.69 Å². The standard InChI is InChI=1S/C8H14N4O/c1-3-12-5-6(11-9)4-7(12)8(13)10-2/h4-5,11H,3,9H2,1-2H3,(H,10,13). The molecule has 13 heavy (non-hydrogen) atoms. The summed E-state index contributed by atoms with van der Waals surface area (Å²) in [4.78, 5) is 11.3. The second-order valence-corrected chi connectivity index (χ2v) is 2.62. The SMILES string of the molecule is CCn1cc(NN)cc1C(=O)NC. The van der Waals surface area contributed by atoms with Crippen LogP contribution in [0.15, 0.2) is 12.3 Å². The Labute approximate surface area is 76.9 Å². The maximum absolute atomic E-state index is 11.3. The molecule has 0 fully saturated rings. The quantitative estimate of drug-likeness (QED) is 0.460. The minimum atomic E-state index is -0.108. The molecule has 1 aromatic heterocycles. The molecule has 1 heterocycles. The molecule has 5 nitrogen and oxygen atoms in total. The van der Waals surface area contributed by atoms with E-state index in [2.05, 4.69) is 10.7 Å². The van der Waals surface area contributed by atoms with Gasteiger partial charge in [0.15, 0.2) is 0 Å². The summed E-state index contributed by atoms with van der Waals surface area (Å²) in [6.07, 6.45) is 1.80. The molecule has 0 radical (unpaired) electrons. The number of carbonyl (C=O) groups is 1. The zero-order chi connectivity index (χ0) is 9.84. The summed E-state index contributed by atoms with van der Waals surface area (Å²) < 4.78 is 1.83. The van der Waals surface area contributed by atoms with E-state index < -0.39 is 0 Å². The number of hydrogen-bond donors (Lipinski definition) is 3. The Kier molecular flexibility index (Phi) is 2.92. The minimum absolute atomic E-state index is 0.108. The van der Waals surface area contributed by atoms with Gasteiger partial charge >= 0.3 is 0 Å². The summed E-state index contributed by atoms with van der Waals surface area (Å²) in [5.74, 6) is 5.13. The first-order chi connectivity index (χ1) is 6.22. The largest absolute Gasteiger partial charge is 0.354 e. The van der Waals surface area contributed by atoms with Gasteiger partial charge in [-0.25, -0.2) is 0 Å². The molecule has 0 aliphatic rings. The van der Waals surface area contributed by atoms with Crippen molar-refractivity contribution in [1.82, 2.24) is 9.88 Å². The fourth-order valence-corrected chi connectivity index (χ4v) is 1.17. The Hall–Kier alpha value is -1.49. The van der Waals surface area contributed by atoms with Crippen molar-refractivity contribution in [3.05, 3.63) is 18.0 Å². The van der Waals surface area contributed by atoms with E-state index in [4.69, 9.17) is 5.84 Å². The normalized spacial score (nSPS) is 9.77. The highest BCUT2D eigenvalue weighted by molar-refractivity contribution is 5.93. The van der Waals surface area contributed by atoms with Crippen molar-refractivity contribution in [3.63, 3.8) is 0 Å². The van der Waals surface area contributed by atoms with Crippen LogP contribution < -0.4 is 16.6 Å². The van der Waals surface area contributed by atoms with E-state index in [1.165, 1.54) is 0 Å². The van der Waals surface area contributed by atoms with Crippen molar-refractivity contribution >= 4 is 11.6 Å². The number of carbonyl (C=O) groups excluding carboxylic acids is 1. The van der Waals surface area contributed by atoms with Gasteiger partial charge in [0.25, 0.3) is 5.91 Å². The van der Waals surface area contributed by atoms with Gasteiger partial charge in [0.05, 0.1) is 5.69 Å². The molecule has 0 aromatic carbocycles. The average molecular weight is 182 g/mol. The van der Waals surface area contributed by atoms with Gasteiger partial charge < -0.3 is 15.3 Å². The lowest BCUT2D eigenvalue weighted by Gasteiger charge is -2.02. The Morgan fingerprint density at radius 2 is 2.38 bits per heavy atom. The third kappa shape index (κ3) is 1.81. The molecular formula is C8H14N4O. The van der Waals surface area contributed by atoms with Gasteiger partial charge in [-0.15, -0.1) is 0 Å². The van der Waals surface area contributed by atoms with Gasteiger partial charge in [-0.2, -0.15) is 0 Å². The fourth-order valence-electron chi connectivity index (χ4n) is 1.17. The van der Waals surface area contributed by atoms with E-state index in [1.54, 1.807) is 19.3 Å². The predicted molar refractivity (Wildman–Crippen MR) is 51.3 cm³/mol. The minimum Gasteiger partial charge on any atom is -0.354 e. The Morgan fingerprint density at radius 1 is 1.69 bits per heavy atom. The van der Waals surface area contributed by atoms with Crippen LogP contribution in [0.5, 0.6) is 0 Å². The molecule has 1 rings (SSSR count). The number of nitrogens with one attached hydrogen (secondary N) is 2. The second kappa shape index (κ2) is 3.95. The third-order valence-corrected chi connectivity index (χ3v) is 1.86. The number of anilines is 1. The smallest absolute Gasteiger partial charge is 0.267 e. The Balaban J connectivity index is 3.03. The lowest BCUT2D eigenvalue weighted by atomic mass is 10.4. The first kappa shape index (κ1) is 9.60. The zero-order valence-corrected chi connectivity index (χ0v) is 7.79. The van der Waals surface area contributed by atoms with Crippen LogP contribution in [-0.2, 0) is 6.54 Å². The molecule has 1 amide bonds. The molecule has 0 bridgehead atoms. The molecule has 0 unspecified atom stereocenters. The molecule has 0 spiro atoms. The average Bonchev–Trinajstić information content (AvgIpc) is 2.59. The summed E-state index contributed by atoms with van der Waals surface area (Å²) >= 11 is 0. The molecule has 72 valence electrons. The van der Waals surface area contributed by atoms with Gasteiger partial charge in [-0.3, -0.25) is 10.6 Å². The van der Waals surface area contributed by atoms with Crippen molar-refractivity contribution in [1.29, 1.82) is 0 Å². The van der Waals surface area contributed by atoms with Gasteiger partial charge in [0, 0.05) is 19.8 Å². The molecule has 0 saturated carbocycles. The van der Waals surface area contributed by atoms with E-state index in [0.29, 0.717) is 5.69 Å². The number of hydrazine groups is 1. The summed E-state index contributed by atoms with van der Waals surface area (Å²) in [6.45, 7) is 2.71. The monoisotopic (exact) mass is 182 g/mol. The highest BCUT2D eigenvalue weighted by atomic mass is 16.1. The van der Waals surface area contributed by atoms with Crippen LogP contribution in [0, 0.1) is 0 Å². The summed E-state index contributed by atoms with van der Waals surface area (Å²) in [5.41, 5.74) is 3.85. The van der Waals surface area contributed by atoms with Gasteiger partial charge in [-0.1, -0.05) is 0 Å². The van der Waals surface area contributed by atoms with Crippen LogP contribution in [0.25, 0.3) is 0 Å². The number of nitrogen functional groups attached to an aromatic ring is 1. The Bertz CT molecular complexity index is 305. The van der Waals surface area contributed by atoms with Crippen LogP contribution in [0.2, 0.25) is 0 Å². The second-order valence-electron chi connectivity index (χ2n) is 2.62. The topological polar surface area (TPSA) is 72.1 Å². The highest BCUT2D eigenvalue weighted by Gasteiger charge is 2.10. The van der Waals surface area contributed by atoms with E-state index in [1.807, 2.05) is 11.5 Å². The van der Waals surface area contributed by atoms with Crippen molar-refractivity contribution in [3.8, 4) is 0 Å². The highest BCUT2D eigenvalue weighted by Crippen LogP contribution is 2.12. The van der Waals surface area contributed by atoms with E-state index in [0.717, 1.165) is 12.2 Å². The first-order valence-corrected chi connectivity index (χ1v) is 4.11. The van der Waals surface area contributed by atoms with Crippen LogP contribution in [0.3, 0.4) is 0 Å². The summed E-state index contributed by atoms with van der Waals surface area (Å²) in [6, 6.07) is 1.71. The molecule has 4 N–H and O–H groups in total. The third-order valence-electron chi connectivity index (χ3n) is 1.86. The molecule has 1 aromatic rings. The molecular weight excluding hydrogens is 168 g/mol. The molecule has 0 aliphatic carbocycles. The van der Waals surface area contributed by atoms with Crippen LogP contribution in [0.1, 0.15) is 17.4 Å². The number of rotatable bonds is 3. The van der Waals surface area contributed by atoms with E-state index >= 15 is 0 Å². The van der Waals surface area contributed by atoms with Gasteiger partial charge in [0.1, 0.15) is 5.69 Å². The number of amides is 1. The van der Waals surface area contributed by atoms with E-state index in [-0.39, 0.29) is 5.91 Å². The lowest BCUT2D eigenvalue weighted by molar-refractivity contribution is 0.0954. The fraction of sp³-hybridized carbons (Fsp3) is 0.375. The first-order valence-electron chi connectivity index (χ1n) is 4.11. The number of nitrogens with two attached hydrogens (primary N) is 1. The predicted octanol–water partition coefficient (Wildman–Crippen LogP) is 0.153. The van der Waals surface area contributed by atoms with Gasteiger partial charge in [0.2, 0.25) is 0 Å². The Morgan fingerprint density at radius 3 is 2.85 bits per heavy atom. The maximum atomic E-state index is 11.3. The van der Waals surface area contributed by atoms with Crippen LogP contribution >= 0.6 is 0 Å². The van der Waals surface area contributed by atoms with Gasteiger partial charge in [-0.05, 0) is 13.0 Å². The number of nitrogens with zero attached hydrogens (tertiary/aromatic N) is 1. The number of aromatic nitrogens is 1. The van der Waals surface area contributed by atoms with Crippen molar-refractivity contribution < 1.29 is 4.79 Å². The van der Waals surface area contributed by atoms with Crippen molar-refractivity contribution in [2.24, 2.45) is 5.84 Å². The number of hydrogen-bond acceptors (Lipinski definition) is 3. The van der Waals surface area contributed by atoms with E-state index in [9.17, 15) is 4.79 Å². The molecule has 5 heteroatoms. The molecule has 0 aliphatic heterocycles. The summed E-state index contributed by atoms with van der Waals surface area (Å²) in [7, 11) is 1.60. The lowest BCUT2D eigenvalue weighted by Crippen LogP contribution is -2.21. The molecule has 0 saturated heterocycles. The van der Waals surface area contributed by atoms with Crippen LogP contribution in [-0.4, -0.2) is 17.5 Å². The van der Waals surface area contributed by atoms with Crippen molar-refractivity contribution in [2.45, 2.75) is 13.5 Å². The summed E-state index contributed by atoms with van der Waals surface area (Å²) in [5, 5.41) is 2.57. The van der Waals surface area contributed by atoms with Crippen molar-refractivity contribution in [2.75, 3.05) is 12.5 Å². The maximum Gasteiger partial charge on any atom is 0.267 e. The number of aryl methyl sites for hydroxylation is 1. The zero-order valence-electron chi connectivity index (χ0n) is 7.79.